The van der Waals surface area contributed by atoms with Crippen molar-refractivity contribution >= 4 is 5.91 Å². The third-order valence-corrected chi connectivity index (χ3v) is 4.92. The van der Waals surface area contributed by atoms with Gasteiger partial charge < -0.3 is 14.2 Å². The van der Waals surface area contributed by atoms with Gasteiger partial charge in [0.05, 0.1) is 12.2 Å². The number of hydrogen-bond acceptors (Lipinski definition) is 5. The van der Waals surface area contributed by atoms with Crippen molar-refractivity contribution in [1.29, 1.82) is 0 Å². The summed E-state index contributed by atoms with van der Waals surface area (Å²) in [5.41, 5.74) is 3.06. The van der Waals surface area contributed by atoms with Crippen LogP contribution in [0.25, 0.3) is 11.4 Å². The summed E-state index contributed by atoms with van der Waals surface area (Å²) >= 11 is 0. The molecule has 1 saturated heterocycles. The summed E-state index contributed by atoms with van der Waals surface area (Å²) in [6.45, 7) is 5.08. The van der Waals surface area contributed by atoms with Crippen LogP contribution in [0.4, 0.5) is 0 Å². The van der Waals surface area contributed by atoms with Crippen molar-refractivity contribution in [3.8, 4) is 17.1 Å². The molecule has 6 nitrogen and oxygen atoms in total. The van der Waals surface area contributed by atoms with Gasteiger partial charge in [0.15, 0.2) is 0 Å². The molecular weight excluding hydrogens is 354 g/mol. The van der Waals surface area contributed by atoms with Crippen LogP contribution in [0.1, 0.15) is 42.8 Å². The summed E-state index contributed by atoms with van der Waals surface area (Å²) in [5, 5.41) is 4.15. The highest BCUT2D eigenvalue weighted by Gasteiger charge is 2.36. The number of para-hydroxylation sites is 1. The Morgan fingerprint density at radius 1 is 1.21 bits per heavy atom. The molecule has 1 atom stereocenters. The predicted molar refractivity (Wildman–Crippen MR) is 105 cm³/mol. The molecule has 0 aliphatic carbocycles. The maximum absolute atomic E-state index is 12.5. The molecule has 1 aromatic heterocycles. The number of amides is 1. The number of carbonyl (C=O) groups excluding carboxylic acids is 1. The van der Waals surface area contributed by atoms with Gasteiger partial charge in [0.1, 0.15) is 11.8 Å². The molecule has 0 N–H and O–H groups in total. The summed E-state index contributed by atoms with van der Waals surface area (Å²) in [4.78, 5) is 18.9. The van der Waals surface area contributed by atoms with Gasteiger partial charge in [-0.2, -0.15) is 4.98 Å². The van der Waals surface area contributed by atoms with Crippen molar-refractivity contribution < 1.29 is 14.1 Å². The van der Waals surface area contributed by atoms with E-state index in [0.717, 1.165) is 16.9 Å². The minimum absolute atomic E-state index is 0.112. The second kappa shape index (κ2) is 7.84. The quantitative estimate of drug-likeness (QED) is 0.640. The number of likely N-dealkylation sites (tertiary alicyclic amines) is 1. The van der Waals surface area contributed by atoms with E-state index in [-0.39, 0.29) is 11.9 Å². The van der Waals surface area contributed by atoms with Crippen LogP contribution in [0.3, 0.4) is 0 Å². The first-order chi connectivity index (χ1) is 13.7. The fourth-order valence-corrected chi connectivity index (χ4v) is 3.61. The predicted octanol–water partition coefficient (Wildman–Crippen LogP) is 4.31. The average Bonchev–Trinajstić information content (AvgIpc) is 3.30. The first kappa shape index (κ1) is 18.2. The number of rotatable bonds is 6. The van der Waals surface area contributed by atoms with Crippen LogP contribution in [0.15, 0.2) is 53.1 Å². The molecule has 144 valence electrons. The fraction of sp³-hybridized carbons (Fsp3) is 0.318. The lowest BCUT2D eigenvalue weighted by molar-refractivity contribution is -0.129. The lowest BCUT2D eigenvalue weighted by Crippen LogP contribution is -2.27. The minimum atomic E-state index is -0.200. The minimum Gasteiger partial charge on any atom is -0.493 e. The highest BCUT2D eigenvalue weighted by atomic mass is 16.5. The zero-order valence-corrected chi connectivity index (χ0v) is 16.1. The van der Waals surface area contributed by atoms with E-state index in [0.29, 0.717) is 37.7 Å². The van der Waals surface area contributed by atoms with Crippen LogP contribution >= 0.6 is 0 Å². The molecule has 0 bridgehead atoms. The Labute approximate surface area is 164 Å². The fourth-order valence-electron chi connectivity index (χ4n) is 3.61. The van der Waals surface area contributed by atoms with E-state index < -0.39 is 0 Å². The standard InChI is InChI=1S/C22H23N3O3/c1-3-27-19-10-5-4-9-17(19)21-23-22(28-24-21)18-11-12-20(26)25(18)14-16-8-6-7-15(2)13-16/h4-10,13,18H,3,11-12,14H2,1-2H3. The Bertz CT molecular complexity index is 982. The third kappa shape index (κ3) is 3.63. The maximum atomic E-state index is 12.5. The summed E-state index contributed by atoms with van der Waals surface area (Å²) in [6.07, 6.45) is 1.17. The summed E-state index contributed by atoms with van der Waals surface area (Å²) in [7, 11) is 0. The van der Waals surface area contributed by atoms with Gasteiger partial charge in [0.25, 0.3) is 0 Å². The molecule has 2 heterocycles. The molecule has 1 aliphatic rings. The van der Waals surface area contributed by atoms with Crippen molar-refractivity contribution in [2.45, 2.75) is 39.3 Å². The van der Waals surface area contributed by atoms with E-state index in [9.17, 15) is 4.79 Å². The van der Waals surface area contributed by atoms with Crippen LogP contribution in [0, 0.1) is 6.92 Å². The molecule has 1 aliphatic heterocycles. The van der Waals surface area contributed by atoms with Gasteiger partial charge in [-0.05, 0) is 38.0 Å². The zero-order chi connectivity index (χ0) is 19.5. The monoisotopic (exact) mass is 377 g/mol. The Hall–Kier alpha value is -3.15. The maximum Gasteiger partial charge on any atom is 0.249 e. The van der Waals surface area contributed by atoms with Crippen molar-refractivity contribution in [1.82, 2.24) is 15.0 Å². The lowest BCUT2D eigenvalue weighted by Gasteiger charge is -2.22. The van der Waals surface area contributed by atoms with Crippen LogP contribution < -0.4 is 4.74 Å². The van der Waals surface area contributed by atoms with E-state index in [1.54, 1.807) is 0 Å². The number of aromatic nitrogens is 2. The van der Waals surface area contributed by atoms with E-state index in [1.807, 2.05) is 61.2 Å². The first-order valence-electron chi connectivity index (χ1n) is 9.56. The van der Waals surface area contributed by atoms with Gasteiger partial charge in [-0.1, -0.05) is 47.1 Å². The van der Waals surface area contributed by atoms with Crippen LogP contribution in [-0.4, -0.2) is 27.6 Å². The second-order valence-electron chi connectivity index (χ2n) is 6.95. The average molecular weight is 377 g/mol. The molecule has 1 fully saturated rings. The van der Waals surface area contributed by atoms with Crippen LogP contribution in [-0.2, 0) is 11.3 Å². The van der Waals surface area contributed by atoms with Crippen molar-refractivity contribution in [2.75, 3.05) is 6.61 Å². The summed E-state index contributed by atoms with van der Waals surface area (Å²) in [5.74, 6) is 1.78. The van der Waals surface area contributed by atoms with Crippen LogP contribution in [0.2, 0.25) is 0 Å². The number of carbonyl (C=O) groups is 1. The summed E-state index contributed by atoms with van der Waals surface area (Å²) < 4.78 is 11.2. The molecule has 6 heteroatoms. The van der Waals surface area contributed by atoms with Crippen molar-refractivity contribution in [3.05, 3.63) is 65.5 Å². The topological polar surface area (TPSA) is 68.5 Å². The number of nitrogens with zero attached hydrogens (tertiary/aromatic N) is 3. The van der Waals surface area contributed by atoms with E-state index in [4.69, 9.17) is 9.26 Å². The molecule has 0 saturated carbocycles. The zero-order valence-electron chi connectivity index (χ0n) is 16.1. The largest absolute Gasteiger partial charge is 0.493 e. The van der Waals surface area contributed by atoms with Gasteiger partial charge in [0.2, 0.25) is 17.6 Å². The smallest absolute Gasteiger partial charge is 0.249 e. The van der Waals surface area contributed by atoms with E-state index in [1.165, 1.54) is 5.56 Å². The SMILES string of the molecule is CCOc1ccccc1-c1noc(C2CCC(=O)N2Cc2cccc(C)c2)n1. The van der Waals surface area contributed by atoms with E-state index in [2.05, 4.69) is 16.2 Å². The molecule has 0 radical (unpaired) electrons. The van der Waals surface area contributed by atoms with Gasteiger partial charge in [-0.25, -0.2) is 0 Å². The molecule has 1 unspecified atom stereocenters. The lowest BCUT2D eigenvalue weighted by atomic mass is 10.1. The highest BCUT2D eigenvalue weighted by Crippen LogP contribution is 2.35. The Morgan fingerprint density at radius 2 is 2.07 bits per heavy atom. The Balaban J connectivity index is 1.60. The molecular formula is C22H23N3O3. The first-order valence-corrected chi connectivity index (χ1v) is 9.56. The Morgan fingerprint density at radius 3 is 2.89 bits per heavy atom. The van der Waals surface area contributed by atoms with Crippen LogP contribution in [0.5, 0.6) is 5.75 Å². The van der Waals surface area contributed by atoms with Crippen molar-refractivity contribution in [3.63, 3.8) is 0 Å². The van der Waals surface area contributed by atoms with Gasteiger partial charge in [-0.15, -0.1) is 0 Å². The van der Waals surface area contributed by atoms with E-state index >= 15 is 0 Å². The second-order valence-corrected chi connectivity index (χ2v) is 6.95. The number of benzene rings is 2. The molecule has 1 amide bonds. The molecule has 0 spiro atoms. The molecule has 4 rings (SSSR count). The third-order valence-electron chi connectivity index (χ3n) is 4.92. The molecule has 3 aromatic rings. The number of ether oxygens (including phenoxy) is 1. The van der Waals surface area contributed by atoms with Crippen molar-refractivity contribution in [2.24, 2.45) is 0 Å². The highest BCUT2D eigenvalue weighted by molar-refractivity contribution is 5.79. The van der Waals surface area contributed by atoms with Gasteiger partial charge in [0, 0.05) is 13.0 Å². The van der Waals surface area contributed by atoms with Gasteiger partial charge in [-0.3, -0.25) is 4.79 Å². The Kier molecular flexibility index (Phi) is 5.10. The normalized spacial score (nSPS) is 16.6. The molecule has 2 aromatic carbocycles. The van der Waals surface area contributed by atoms with Gasteiger partial charge >= 0.3 is 0 Å². The summed E-state index contributed by atoms with van der Waals surface area (Å²) in [6, 6.07) is 15.6. The molecule has 28 heavy (non-hydrogen) atoms. The number of aryl methyl sites for hydroxylation is 1. The number of hydrogen-bond donors (Lipinski definition) is 0.